The van der Waals surface area contributed by atoms with E-state index in [-0.39, 0.29) is 17.1 Å². The highest BCUT2D eigenvalue weighted by atomic mass is 32.2. The van der Waals surface area contributed by atoms with Crippen molar-refractivity contribution in [3.8, 4) is 5.75 Å². The van der Waals surface area contributed by atoms with E-state index in [1.54, 1.807) is 6.92 Å². The number of ether oxygens (including phenoxy) is 2. The highest BCUT2D eigenvalue weighted by Crippen LogP contribution is 2.21. The summed E-state index contributed by atoms with van der Waals surface area (Å²) >= 11 is 0. The molecule has 1 aromatic rings. The number of hydrogen-bond donors (Lipinski definition) is 2. The number of aromatic hydroxyl groups is 1. The highest BCUT2D eigenvalue weighted by molar-refractivity contribution is 7.89. The summed E-state index contributed by atoms with van der Waals surface area (Å²) < 4.78 is 35.0. The van der Waals surface area contributed by atoms with Crippen LogP contribution in [0.25, 0.3) is 0 Å². The van der Waals surface area contributed by atoms with Crippen LogP contribution in [0.2, 0.25) is 0 Å². The molecule has 0 spiro atoms. The number of hydrogen-bond acceptors (Lipinski definition) is 7. The van der Waals surface area contributed by atoms with Crippen LogP contribution in [0.5, 0.6) is 5.75 Å². The molecule has 0 amide bonds. The summed E-state index contributed by atoms with van der Waals surface area (Å²) in [4.78, 5) is 22.2. The zero-order chi connectivity index (χ0) is 16.0. The van der Waals surface area contributed by atoms with Crippen LogP contribution in [0, 0.1) is 0 Å². The van der Waals surface area contributed by atoms with Gasteiger partial charge in [0.05, 0.1) is 18.6 Å². The Kier molecular flexibility index (Phi) is 5.68. The van der Waals surface area contributed by atoms with Gasteiger partial charge in [0.25, 0.3) is 0 Å². The molecule has 0 radical (unpaired) electrons. The van der Waals surface area contributed by atoms with Gasteiger partial charge in [-0.25, -0.2) is 13.2 Å². The predicted molar refractivity (Wildman–Crippen MR) is 71.3 cm³/mol. The standard InChI is InChI=1S/C12H15NO7S/c1-3-20-11(15)7-13-21(17,18)8-4-5-10(14)9(6-8)12(16)19-2/h4-6,13-14H,3,7H2,1-2H3. The molecule has 0 atom stereocenters. The number of phenolic OH excluding ortho intramolecular Hbond substituents is 1. The first-order chi connectivity index (χ1) is 9.81. The number of phenols is 1. The van der Waals surface area contributed by atoms with E-state index in [1.165, 1.54) is 0 Å². The van der Waals surface area contributed by atoms with Crippen LogP contribution in [0.3, 0.4) is 0 Å². The monoisotopic (exact) mass is 317 g/mol. The lowest BCUT2D eigenvalue weighted by atomic mass is 10.2. The lowest BCUT2D eigenvalue weighted by Gasteiger charge is -2.08. The van der Waals surface area contributed by atoms with Crippen LogP contribution in [0.15, 0.2) is 23.1 Å². The van der Waals surface area contributed by atoms with Crippen LogP contribution in [0.1, 0.15) is 17.3 Å². The Morgan fingerprint density at radius 2 is 2.00 bits per heavy atom. The minimum absolute atomic E-state index is 0.131. The van der Waals surface area contributed by atoms with Crippen molar-refractivity contribution in [1.82, 2.24) is 4.72 Å². The Morgan fingerprint density at radius 3 is 2.57 bits per heavy atom. The SMILES string of the molecule is CCOC(=O)CNS(=O)(=O)c1ccc(O)c(C(=O)OC)c1. The van der Waals surface area contributed by atoms with E-state index in [4.69, 9.17) is 0 Å². The molecular weight excluding hydrogens is 302 g/mol. The van der Waals surface area contributed by atoms with E-state index in [1.807, 2.05) is 4.72 Å². The second-order valence-corrected chi connectivity index (χ2v) is 5.57. The van der Waals surface area contributed by atoms with Crippen molar-refractivity contribution in [2.75, 3.05) is 20.3 Å². The molecule has 0 bridgehead atoms. The Labute approximate surface area is 121 Å². The molecule has 116 valence electrons. The average Bonchev–Trinajstić information content (AvgIpc) is 2.45. The second kappa shape index (κ2) is 7.04. The van der Waals surface area contributed by atoms with Crippen LogP contribution in [-0.2, 0) is 24.3 Å². The number of benzene rings is 1. The quantitative estimate of drug-likeness (QED) is 0.710. The molecule has 8 nitrogen and oxygen atoms in total. The third-order valence-corrected chi connectivity index (χ3v) is 3.79. The fraction of sp³-hybridized carbons (Fsp3) is 0.333. The summed E-state index contributed by atoms with van der Waals surface area (Å²) in [7, 11) is -2.93. The summed E-state index contributed by atoms with van der Waals surface area (Å²) in [5.74, 6) is -2.02. The van der Waals surface area contributed by atoms with Crippen molar-refractivity contribution in [1.29, 1.82) is 0 Å². The first-order valence-electron chi connectivity index (χ1n) is 5.88. The van der Waals surface area contributed by atoms with Crippen molar-refractivity contribution in [3.05, 3.63) is 23.8 Å². The second-order valence-electron chi connectivity index (χ2n) is 3.80. The van der Waals surface area contributed by atoms with Crippen LogP contribution >= 0.6 is 0 Å². The average molecular weight is 317 g/mol. The maximum atomic E-state index is 12.0. The van der Waals surface area contributed by atoms with E-state index in [9.17, 15) is 23.1 Å². The molecule has 0 fully saturated rings. The summed E-state index contributed by atoms with van der Waals surface area (Å²) in [5.41, 5.74) is -0.295. The Balaban J connectivity index is 2.98. The van der Waals surface area contributed by atoms with Crippen molar-refractivity contribution in [2.24, 2.45) is 0 Å². The molecule has 21 heavy (non-hydrogen) atoms. The largest absolute Gasteiger partial charge is 0.507 e. The lowest BCUT2D eigenvalue weighted by Crippen LogP contribution is -2.30. The van der Waals surface area contributed by atoms with Gasteiger partial charge in [0.1, 0.15) is 17.9 Å². The van der Waals surface area contributed by atoms with Gasteiger partial charge in [-0.05, 0) is 25.1 Å². The zero-order valence-corrected chi connectivity index (χ0v) is 12.3. The van der Waals surface area contributed by atoms with Gasteiger partial charge in [0.2, 0.25) is 10.0 Å². The smallest absolute Gasteiger partial charge is 0.341 e. The summed E-state index contributed by atoms with van der Waals surface area (Å²) in [6.07, 6.45) is 0. The van der Waals surface area contributed by atoms with Crippen LogP contribution in [0.4, 0.5) is 0 Å². The van der Waals surface area contributed by atoms with Crippen molar-refractivity contribution in [2.45, 2.75) is 11.8 Å². The molecule has 9 heteroatoms. The van der Waals surface area contributed by atoms with Gasteiger partial charge >= 0.3 is 11.9 Å². The Morgan fingerprint density at radius 1 is 1.33 bits per heavy atom. The van der Waals surface area contributed by atoms with Crippen molar-refractivity contribution in [3.63, 3.8) is 0 Å². The fourth-order valence-electron chi connectivity index (χ4n) is 1.41. The number of methoxy groups -OCH3 is 1. The zero-order valence-electron chi connectivity index (χ0n) is 11.5. The molecule has 0 heterocycles. The maximum Gasteiger partial charge on any atom is 0.341 e. The first kappa shape index (κ1) is 16.9. The lowest BCUT2D eigenvalue weighted by molar-refractivity contribution is -0.141. The van der Waals surface area contributed by atoms with Crippen LogP contribution < -0.4 is 4.72 Å². The number of esters is 2. The molecule has 1 rings (SSSR count). The molecule has 0 saturated heterocycles. The summed E-state index contributed by atoms with van der Waals surface area (Å²) in [6, 6.07) is 3.09. The molecule has 0 unspecified atom stereocenters. The minimum Gasteiger partial charge on any atom is -0.507 e. The van der Waals surface area contributed by atoms with Gasteiger partial charge < -0.3 is 14.6 Å². The van der Waals surface area contributed by atoms with E-state index in [0.717, 1.165) is 25.3 Å². The van der Waals surface area contributed by atoms with Crippen LogP contribution in [-0.4, -0.2) is 45.7 Å². The molecule has 2 N–H and O–H groups in total. The molecular formula is C12H15NO7S. The molecule has 0 aromatic heterocycles. The van der Waals surface area contributed by atoms with E-state index < -0.39 is 34.3 Å². The third kappa shape index (κ3) is 4.43. The maximum absolute atomic E-state index is 12.0. The van der Waals surface area contributed by atoms with Gasteiger partial charge in [-0.15, -0.1) is 0 Å². The van der Waals surface area contributed by atoms with Gasteiger partial charge in [-0.2, -0.15) is 4.72 Å². The molecule has 0 aliphatic carbocycles. The minimum atomic E-state index is -4.02. The van der Waals surface area contributed by atoms with Gasteiger partial charge in [-0.3, -0.25) is 4.79 Å². The van der Waals surface area contributed by atoms with Gasteiger partial charge in [-0.1, -0.05) is 0 Å². The van der Waals surface area contributed by atoms with Gasteiger partial charge in [0, 0.05) is 0 Å². The predicted octanol–water partition coefficient (Wildman–Crippen LogP) is 0.0202. The Hall–Kier alpha value is -2.13. The molecule has 0 aliphatic rings. The van der Waals surface area contributed by atoms with E-state index >= 15 is 0 Å². The number of carbonyl (C=O) groups is 2. The van der Waals surface area contributed by atoms with E-state index in [0.29, 0.717) is 0 Å². The first-order valence-corrected chi connectivity index (χ1v) is 7.36. The van der Waals surface area contributed by atoms with Crippen molar-refractivity contribution >= 4 is 22.0 Å². The highest BCUT2D eigenvalue weighted by Gasteiger charge is 2.20. The molecule has 0 aliphatic heterocycles. The van der Waals surface area contributed by atoms with Crippen molar-refractivity contribution < 1.29 is 32.6 Å². The number of nitrogens with one attached hydrogen (secondary N) is 1. The Bertz CT molecular complexity index is 639. The fourth-order valence-corrected chi connectivity index (χ4v) is 2.40. The number of carbonyl (C=O) groups excluding carboxylic acids is 2. The van der Waals surface area contributed by atoms with E-state index in [2.05, 4.69) is 9.47 Å². The normalized spacial score (nSPS) is 11.0. The molecule has 1 aromatic carbocycles. The van der Waals surface area contributed by atoms with Gasteiger partial charge in [0.15, 0.2) is 0 Å². The summed E-state index contributed by atoms with van der Waals surface area (Å²) in [6.45, 7) is 1.19. The number of sulfonamides is 1. The number of rotatable bonds is 6. The summed E-state index contributed by atoms with van der Waals surface area (Å²) in [5, 5.41) is 9.50. The topological polar surface area (TPSA) is 119 Å². The third-order valence-electron chi connectivity index (χ3n) is 2.40. The molecule has 0 saturated carbocycles.